The van der Waals surface area contributed by atoms with Crippen LogP contribution in [-0.2, 0) is 0 Å². The summed E-state index contributed by atoms with van der Waals surface area (Å²) in [5, 5.41) is 74.2. The lowest BCUT2D eigenvalue weighted by Gasteiger charge is -1.94. The number of nitrogens with zero attached hydrogens (tertiary/aromatic N) is 8. The van der Waals surface area contributed by atoms with Gasteiger partial charge in [-0.15, -0.1) is 46.4 Å². The SMILES string of the molecule is CC1C(C)C1C.CC1C(C)C1[N+](=O)[O-].CC1C(C)C1[N+](=O)[O-].CC1C([N+](=O)[O-])C1[N+](=O)[O-].CCl.CCl.CCl.CCl.Cc1ccc(C#N)c(C#N)c1.Cc1ccc(C#N)c(C#N)c1.ClB(Cl)Cl. The van der Waals surface area contributed by atoms with Gasteiger partial charge in [-0.1, -0.05) is 60.6 Å². The Morgan fingerprint density at radius 3 is 0.712 bits per heavy atom. The third-order valence-electron chi connectivity index (χ3n) is 11.0. The summed E-state index contributed by atoms with van der Waals surface area (Å²) in [6.45, 7) is 19.9. The zero-order valence-electron chi connectivity index (χ0n) is 39.5. The molecular formula is C42H60BCl7N8O8. The number of benzene rings is 2. The number of rotatable bonds is 4. The standard InChI is InChI=1S/2C9H6N2.C6H12.2C5H9NO2.C4H6N2O4.4CH3Cl.BCl3/c2*1-7-2-3-8(5-10)9(4-7)6-11;1-4-5(2)6(4)3;2*1-3-4(2)5(3)6(7)8;1-2-3(5(7)8)4(2)6(9)10;4*1-2;2-1(3)4/h2*2-4H,1H3;4-6H,1-3H3;2*3-5H,1-2H3;2-4H,1H3;4*1H3;. The van der Waals surface area contributed by atoms with Crippen LogP contribution in [0.1, 0.15) is 88.8 Å². The minimum absolute atomic E-state index is 0.185. The minimum atomic E-state index is -0.949. The molecule has 24 heteroatoms. The first kappa shape index (κ1) is 71.1. The van der Waals surface area contributed by atoms with E-state index in [9.17, 15) is 40.5 Å². The maximum Gasteiger partial charge on any atom is 0.450 e. The summed E-state index contributed by atoms with van der Waals surface area (Å²) in [7, 11) is 0. The fourth-order valence-corrected chi connectivity index (χ4v) is 5.70. The van der Waals surface area contributed by atoms with Crippen molar-refractivity contribution < 1.29 is 19.7 Å². The highest BCUT2D eigenvalue weighted by molar-refractivity contribution is 7.54. The Kier molecular flexibility index (Phi) is 42.1. The average Bonchev–Trinajstić information content (AvgIpc) is 4.27. The molecule has 0 bridgehead atoms. The number of nitro groups is 4. The molecule has 4 fully saturated rings. The monoisotopic (exact) mass is 1060 g/mol. The van der Waals surface area contributed by atoms with Crippen molar-refractivity contribution in [1.29, 1.82) is 21.0 Å². The van der Waals surface area contributed by atoms with Crippen molar-refractivity contribution in [3.63, 3.8) is 0 Å². The zero-order chi connectivity index (χ0) is 53.4. The van der Waals surface area contributed by atoms with Crippen LogP contribution in [0.2, 0.25) is 0 Å². The van der Waals surface area contributed by atoms with E-state index < -0.39 is 32.8 Å². The third-order valence-corrected chi connectivity index (χ3v) is 11.0. The number of alkyl halides is 4. The first-order valence-electron chi connectivity index (χ1n) is 19.6. The van der Waals surface area contributed by atoms with Crippen LogP contribution in [0.5, 0.6) is 0 Å². The van der Waals surface area contributed by atoms with Crippen LogP contribution >= 0.6 is 80.8 Å². The quantitative estimate of drug-likeness (QED) is 0.120. The molecular weight excluding hydrogens is 1000 g/mol. The van der Waals surface area contributed by atoms with E-state index in [4.69, 9.17) is 55.4 Å². The molecule has 368 valence electrons. The van der Waals surface area contributed by atoms with Crippen molar-refractivity contribution in [1.82, 2.24) is 0 Å². The van der Waals surface area contributed by atoms with Gasteiger partial charge in [0.25, 0.3) is 12.1 Å². The summed E-state index contributed by atoms with van der Waals surface area (Å²) in [6.07, 6.45) is 5.89. The van der Waals surface area contributed by atoms with Crippen LogP contribution in [0, 0.1) is 147 Å². The third kappa shape index (κ3) is 28.3. The van der Waals surface area contributed by atoms with Crippen LogP contribution in [0.3, 0.4) is 0 Å². The van der Waals surface area contributed by atoms with E-state index in [1.165, 1.54) is 32.5 Å². The normalized spacial score (nSPS) is 24.9. The molecule has 0 N–H and O–H groups in total. The molecule has 0 aliphatic heterocycles. The van der Waals surface area contributed by atoms with Crippen molar-refractivity contribution in [2.45, 2.75) is 93.4 Å². The van der Waals surface area contributed by atoms with Gasteiger partial charge in [0.2, 0.25) is 12.1 Å². The molecule has 0 radical (unpaired) electrons. The molecule has 6 atom stereocenters. The Morgan fingerprint density at radius 2 is 0.606 bits per heavy atom. The zero-order valence-corrected chi connectivity index (χ0v) is 44.8. The fraction of sp³-hybridized carbons (Fsp3) is 0.619. The highest BCUT2D eigenvalue weighted by Gasteiger charge is 2.67. The van der Waals surface area contributed by atoms with Gasteiger partial charge in [-0.25, -0.2) is 0 Å². The Balaban J connectivity index is -0.000000217. The Hall–Kier alpha value is -3.91. The topological polar surface area (TPSA) is 268 Å². The molecule has 4 aliphatic carbocycles. The van der Waals surface area contributed by atoms with Gasteiger partial charge >= 0.3 is 4.96 Å². The molecule has 66 heavy (non-hydrogen) atoms. The molecule has 2 aromatic rings. The first-order valence-corrected chi connectivity index (χ1v) is 24.0. The van der Waals surface area contributed by atoms with Gasteiger partial charge in [-0.3, -0.25) is 40.5 Å². The van der Waals surface area contributed by atoms with E-state index in [1.807, 2.05) is 78.0 Å². The first-order chi connectivity index (χ1) is 30.9. The largest absolute Gasteiger partial charge is 0.450 e. The predicted octanol–water partition coefficient (Wildman–Crippen LogP) is 12.3. The predicted molar refractivity (Wildman–Crippen MR) is 268 cm³/mol. The second-order valence-corrected chi connectivity index (χ2v) is 16.7. The molecule has 0 spiro atoms. The van der Waals surface area contributed by atoms with Crippen molar-refractivity contribution >= 4 is 85.7 Å². The van der Waals surface area contributed by atoms with Crippen LogP contribution in [-0.4, -0.2) is 74.4 Å². The number of aryl methyl sites for hydroxylation is 2. The van der Waals surface area contributed by atoms with E-state index >= 15 is 0 Å². The number of halogens is 7. The van der Waals surface area contributed by atoms with Crippen molar-refractivity contribution in [2.24, 2.45) is 47.3 Å². The molecule has 0 heterocycles. The van der Waals surface area contributed by atoms with Gasteiger partial charge in [-0.05, 0) is 73.9 Å². The average molecular weight is 1060 g/mol. The van der Waals surface area contributed by atoms with Gasteiger partial charge in [0.15, 0.2) is 0 Å². The molecule has 16 nitrogen and oxygen atoms in total. The second kappa shape index (κ2) is 39.1. The summed E-state index contributed by atoms with van der Waals surface area (Å²) in [5.41, 5.74) is 3.79. The lowest BCUT2D eigenvalue weighted by Crippen LogP contribution is -2.12. The fourth-order valence-electron chi connectivity index (χ4n) is 5.70. The maximum atomic E-state index is 9.99. The lowest BCUT2D eigenvalue weighted by atomic mass is 10.1. The van der Waals surface area contributed by atoms with Crippen molar-refractivity contribution in [2.75, 3.05) is 25.5 Å². The molecule has 6 rings (SSSR count). The number of hydrogen-bond donors (Lipinski definition) is 0. The van der Waals surface area contributed by atoms with Crippen LogP contribution in [0.4, 0.5) is 0 Å². The van der Waals surface area contributed by atoms with E-state index in [1.54, 1.807) is 24.3 Å². The van der Waals surface area contributed by atoms with E-state index in [-0.39, 0.29) is 21.9 Å². The summed E-state index contributed by atoms with van der Waals surface area (Å²) in [6, 6.07) is 15.8. The van der Waals surface area contributed by atoms with Crippen molar-refractivity contribution in [3.05, 3.63) is 110 Å². The van der Waals surface area contributed by atoms with E-state index in [0.29, 0.717) is 45.9 Å². The summed E-state index contributed by atoms with van der Waals surface area (Å²) < 4.78 is 0. The van der Waals surface area contributed by atoms with Crippen molar-refractivity contribution in [3.8, 4) is 24.3 Å². The van der Waals surface area contributed by atoms with Gasteiger partial charge in [0.05, 0.1) is 22.3 Å². The van der Waals surface area contributed by atoms with Crippen LogP contribution in [0.15, 0.2) is 36.4 Å². The van der Waals surface area contributed by atoms with Gasteiger partial charge in [0, 0.05) is 68.9 Å². The Morgan fingerprint density at radius 1 is 0.409 bits per heavy atom. The van der Waals surface area contributed by atoms with Gasteiger partial charge in [-0.2, -0.15) is 55.4 Å². The smallest absolute Gasteiger partial charge is 0.264 e. The number of hydrogen-bond acceptors (Lipinski definition) is 12. The summed E-state index contributed by atoms with van der Waals surface area (Å²) in [5.74, 6) is 3.90. The molecule has 2 aromatic carbocycles. The molecule has 0 saturated heterocycles. The number of nitriles is 4. The minimum Gasteiger partial charge on any atom is -0.264 e. The highest BCUT2D eigenvalue weighted by atomic mass is 35.6. The van der Waals surface area contributed by atoms with E-state index in [2.05, 4.69) is 67.2 Å². The summed E-state index contributed by atoms with van der Waals surface area (Å²) in [4.78, 5) is 37.7. The van der Waals surface area contributed by atoms with Gasteiger partial charge in [0.1, 0.15) is 30.2 Å². The maximum absolute atomic E-state index is 9.99. The van der Waals surface area contributed by atoms with E-state index in [0.717, 1.165) is 28.9 Å². The summed E-state index contributed by atoms with van der Waals surface area (Å²) >= 11 is 33.0. The van der Waals surface area contributed by atoms with Crippen LogP contribution in [0.25, 0.3) is 0 Å². The van der Waals surface area contributed by atoms with Crippen LogP contribution < -0.4 is 0 Å². The molecule has 0 amide bonds. The highest BCUT2D eigenvalue weighted by Crippen LogP contribution is 2.44. The molecule has 6 unspecified atom stereocenters. The molecule has 0 aromatic heterocycles. The molecule has 4 saturated carbocycles. The van der Waals surface area contributed by atoms with Gasteiger partial charge < -0.3 is 0 Å². The Bertz CT molecular complexity index is 1790. The molecule has 4 aliphatic rings. The Labute approximate surface area is 424 Å². The lowest BCUT2D eigenvalue weighted by molar-refractivity contribution is -0.558. The second-order valence-electron chi connectivity index (χ2n) is 14.8.